The third-order valence-electron chi connectivity index (χ3n) is 4.00. The first-order valence-electron chi connectivity index (χ1n) is 7.73. The number of carbonyl (C=O) groups is 2. The lowest BCUT2D eigenvalue weighted by Crippen LogP contribution is -1.96. The van der Waals surface area contributed by atoms with Crippen LogP contribution in [0.2, 0.25) is 0 Å². The number of H-pyrrole nitrogens is 1. The molecule has 0 atom stereocenters. The first-order valence-corrected chi connectivity index (χ1v) is 7.73. The zero-order valence-electron chi connectivity index (χ0n) is 13.9. The van der Waals surface area contributed by atoms with Gasteiger partial charge in [-0.05, 0) is 50.1 Å². The molecule has 4 heteroatoms. The van der Waals surface area contributed by atoms with Gasteiger partial charge in [-0.3, -0.25) is 9.59 Å². The van der Waals surface area contributed by atoms with Crippen molar-refractivity contribution in [2.24, 2.45) is 0 Å². The molecule has 3 aromatic rings. The smallest absolute Gasteiger partial charge is 0.160 e. The molecule has 0 spiro atoms. The highest BCUT2D eigenvalue weighted by atomic mass is 16.1. The molecule has 1 N–H and O–H groups in total. The highest BCUT2D eigenvalue weighted by molar-refractivity contribution is 5.97. The molecule has 0 aliphatic heterocycles. The SMILES string of the molecule is CC(=O)/C=C/c1c[nH]c2ncc(-c3ccc(C(C)=O)c(C)c3)cc12. The van der Waals surface area contributed by atoms with Crippen molar-refractivity contribution in [3.63, 3.8) is 0 Å². The van der Waals surface area contributed by atoms with E-state index in [2.05, 4.69) is 9.97 Å². The van der Waals surface area contributed by atoms with Crippen LogP contribution in [0.3, 0.4) is 0 Å². The average molecular weight is 318 g/mol. The van der Waals surface area contributed by atoms with Gasteiger partial charge in [-0.25, -0.2) is 4.98 Å². The summed E-state index contributed by atoms with van der Waals surface area (Å²) in [6, 6.07) is 7.83. The molecule has 0 unspecified atom stereocenters. The Balaban J connectivity index is 2.07. The summed E-state index contributed by atoms with van der Waals surface area (Å²) in [5.74, 6) is 0.0684. The molecule has 4 nitrogen and oxygen atoms in total. The Morgan fingerprint density at radius 3 is 2.58 bits per heavy atom. The second-order valence-electron chi connectivity index (χ2n) is 5.89. The van der Waals surface area contributed by atoms with Crippen molar-refractivity contribution >= 4 is 28.7 Å². The Morgan fingerprint density at radius 2 is 1.92 bits per heavy atom. The van der Waals surface area contributed by atoms with Crippen LogP contribution in [0.5, 0.6) is 0 Å². The topological polar surface area (TPSA) is 62.8 Å². The maximum atomic E-state index is 11.6. The van der Waals surface area contributed by atoms with Crippen LogP contribution in [0.15, 0.2) is 42.7 Å². The van der Waals surface area contributed by atoms with Crippen molar-refractivity contribution in [1.29, 1.82) is 0 Å². The van der Waals surface area contributed by atoms with Crippen molar-refractivity contribution in [3.8, 4) is 11.1 Å². The van der Waals surface area contributed by atoms with Gasteiger partial charge < -0.3 is 4.98 Å². The Morgan fingerprint density at radius 1 is 1.12 bits per heavy atom. The van der Waals surface area contributed by atoms with E-state index in [1.807, 2.05) is 37.4 Å². The zero-order chi connectivity index (χ0) is 17.3. The quantitative estimate of drug-likeness (QED) is 0.575. The lowest BCUT2D eigenvalue weighted by Gasteiger charge is -2.07. The minimum Gasteiger partial charge on any atom is -0.346 e. The fourth-order valence-corrected chi connectivity index (χ4v) is 2.76. The second-order valence-corrected chi connectivity index (χ2v) is 5.89. The van der Waals surface area contributed by atoms with Gasteiger partial charge >= 0.3 is 0 Å². The molecule has 0 fully saturated rings. The van der Waals surface area contributed by atoms with Crippen molar-refractivity contribution in [1.82, 2.24) is 9.97 Å². The summed E-state index contributed by atoms with van der Waals surface area (Å²) in [5.41, 5.74) is 5.36. The molecule has 0 radical (unpaired) electrons. The van der Waals surface area contributed by atoms with Gasteiger partial charge in [-0.15, -0.1) is 0 Å². The average Bonchev–Trinajstić information content (AvgIpc) is 2.94. The monoisotopic (exact) mass is 318 g/mol. The summed E-state index contributed by atoms with van der Waals surface area (Å²) in [4.78, 5) is 30.3. The number of aryl methyl sites for hydroxylation is 1. The number of ketones is 2. The molecule has 0 bridgehead atoms. The summed E-state index contributed by atoms with van der Waals surface area (Å²) in [6.07, 6.45) is 6.97. The van der Waals surface area contributed by atoms with E-state index >= 15 is 0 Å². The number of Topliss-reactive ketones (excluding diaryl/α,β-unsaturated/α-hetero) is 1. The summed E-state index contributed by atoms with van der Waals surface area (Å²) >= 11 is 0. The Kier molecular flexibility index (Phi) is 4.13. The fourth-order valence-electron chi connectivity index (χ4n) is 2.76. The largest absolute Gasteiger partial charge is 0.346 e. The third-order valence-corrected chi connectivity index (χ3v) is 4.00. The number of hydrogen-bond donors (Lipinski definition) is 1. The van der Waals surface area contributed by atoms with Gasteiger partial charge in [0.2, 0.25) is 0 Å². The van der Waals surface area contributed by atoms with Gasteiger partial charge in [0.1, 0.15) is 5.65 Å². The number of nitrogens with one attached hydrogen (secondary N) is 1. The van der Waals surface area contributed by atoms with E-state index in [0.717, 1.165) is 38.9 Å². The van der Waals surface area contributed by atoms with Crippen LogP contribution in [-0.2, 0) is 4.79 Å². The Hall–Kier alpha value is -3.01. The van der Waals surface area contributed by atoms with Crippen LogP contribution in [0.4, 0.5) is 0 Å². The molecular formula is C20H18N2O2. The van der Waals surface area contributed by atoms with E-state index in [9.17, 15) is 9.59 Å². The lowest BCUT2D eigenvalue weighted by atomic mass is 9.98. The van der Waals surface area contributed by atoms with E-state index in [1.54, 1.807) is 25.3 Å². The first kappa shape index (κ1) is 15.9. The third kappa shape index (κ3) is 3.04. The molecule has 0 amide bonds. The van der Waals surface area contributed by atoms with Gasteiger partial charge in [0.15, 0.2) is 11.6 Å². The van der Waals surface area contributed by atoms with Crippen molar-refractivity contribution in [2.75, 3.05) is 0 Å². The number of hydrogen-bond acceptors (Lipinski definition) is 3. The van der Waals surface area contributed by atoms with E-state index in [0.29, 0.717) is 0 Å². The van der Waals surface area contributed by atoms with Crippen LogP contribution in [-0.4, -0.2) is 21.5 Å². The Labute approximate surface area is 140 Å². The molecule has 1 aromatic carbocycles. The van der Waals surface area contributed by atoms with Crippen molar-refractivity contribution in [3.05, 3.63) is 59.4 Å². The molecule has 2 heterocycles. The highest BCUT2D eigenvalue weighted by Gasteiger charge is 2.09. The normalized spacial score (nSPS) is 11.3. The van der Waals surface area contributed by atoms with Gasteiger partial charge in [-0.2, -0.15) is 0 Å². The summed E-state index contributed by atoms with van der Waals surface area (Å²) < 4.78 is 0. The van der Waals surface area contributed by atoms with E-state index < -0.39 is 0 Å². The van der Waals surface area contributed by atoms with Gasteiger partial charge in [0.05, 0.1) is 0 Å². The first-order chi connectivity index (χ1) is 11.5. The van der Waals surface area contributed by atoms with Crippen LogP contribution in [0.1, 0.15) is 35.3 Å². The van der Waals surface area contributed by atoms with Crippen molar-refractivity contribution < 1.29 is 9.59 Å². The predicted molar refractivity (Wildman–Crippen MR) is 96.0 cm³/mol. The number of aromatic amines is 1. The second kappa shape index (κ2) is 6.24. The molecule has 24 heavy (non-hydrogen) atoms. The molecule has 0 aliphatic rings. The van der Waals surface area contributed by atoms with E-state index in [-0.39, 0.29) is 11.6 Å². The molecule has 0 saturated carbocycles. The van der Waals surface area contributed by atoms with E-state index in [1.165, 1.54) is 6.92 Å². The number of aromatic nitrogens is 2. The lowest BCUT2D eigenvalue weighted by molar-refractivity contribution is -0.112. The van der Waals surface area contributed by atoms with Crippen LogP contribution in [0, 0.1) is 6.92 Å². The number of pyridine rings is 1. The molecule has 0 aliphatic carbocycles. The van der Waals surface area contributed by atoms with Gasteiger partial charge in [-0.1, -0.05) is 18.2 Å². The molecule has 120 valence electrons. The van der Waals surface area contributed by atoms with Crippen LogP contribution in [0.25, 0.3) is 28.2 Å². The number of fused-ring (bicyclic) bond motifs is 1. The van der Waals surface area contributed by atoms with Crippen LogP contribution < -0.4 is 0 Å². The maximum absolute atomic E-state index is 11.6. The maximum Gasteiger partial charge on any atom is 0.160 e. The summed E-state index contributed by atoms with van der Waals surface area (Å²) in [5, 5.41) is 0.957. The fraction of sp³-hybridized carbons (Fsp3) is 0.150. The van der Waals surface area contributed by atoms with E-state index in [4.69, 9.17) is 0 Å². The van der Waals surface area contributed by atoms with Gasteiger partial charge in [0, 0.05) is 34.5 Å². The molecule has 0 saturated heterocycles. The molecule has 2 aromatic heterocycles. The number of nitrogens with zero attached hydrogens (tertiary/aromatic N) is 1. The van der Waals surface area contributed by atoms with Gasteiger partial charge in [0.25, 0.3) is 0 Å². The standard InChI is InChI=1S/C20H18N2O2/c1-12-8-15(6-7-18(12)14(3)24)17-9-19-16(5-4-13(2)23)10-21-20(19)22-11-17/h4-11H,1-3H3,(H,21,22)/b5-4+. The highest BCUT2D eigenvalue weighted by Crippen LogP contribution is 2.27. The summed E-state index contributed by atoms with van der Waals surface area (Å²) in [7, 11) is 0. The minimum absolute atomic E-state index is 0.00362. The number of allylic oxidation sites excluding steroid dienone is 1. The van der Waals surface area contributed by atoms with Crippen LogP contribution >= 0.6 is 0 Å². The zero-order valence-corrected chi connectivity index (χ0v) is 13.9. The predicted octanol–water partition coefficient (Wildman–Crippen LogP) is 4.34. The number of rotatable bonds is 4. The minimum atomic E-state index is 0.00362. The molecular weight excluding hydrogens is 300 g/mol. The molecule has 3 rings (SSSR count). The summed E-state index contributed by atoms with van der Waals surface area (Å²) in [6.45, 7) is 5.03. The Bertz CT molecular complexity index is 980. The number of benzene rings is 1. The van der Waals surface area contributed by atoms with Crippen molar-refractivity contribution in [2.45, 2.75) is 20.8 Å². The number of carbonyl (C=O) groups excluding carboxylic acids is 2.